The van der Waals surface area contributed by atoms with Gasteiger partial charge in [0.25, 0.3) is 5.91 Å². The molecular formula is C11H9N3O. The highest BCUT2D eigenvalue weighted by molar-refractivity contribution is 6.32. The zero-order valence-corrected chi connectivity index (χ0v) is 8.24. The summed E-state index contributed by atoms with van der Waals surface area (Å²) in [6.45, 7) is 1.85. The van der Waals surface area contributed by atoms with Crippen molar-refractivity contribution in [2.75, 3.05) is 5.32 Å². The van der Waals surface area contributed by atoms with Crippen LogP contribution in [0.2, 0.25) is 0 Å². The molecule has 2 heterocycles. The molecule has 1 aromatic heterocycles. The lowest BCUT2D eigenvalue weighted by Crippen LogP contribution is -2.05. The van der Waals surface area contributed by atoms with E-state index in [-0.39, 0.29) is 5.91 Å². The van der Waals surface area contributed by atoms with Crippen molar-refractivity contribution in [2.45, 2.75) is 13.3 Å². The predicted octanol–water partition coefficient (Wildman–Crippen LogP) is 1.72. The minimum Gasteiger partial charge on any atom is -0.306 e. The number of nitrogens with zero attached hydrogens (tertiary/aromatic N) is 2. The minimum absolute atomic E-state index is 0.234. The lowest BCUT2D eigenvalue weighted by atomic mass is 10.0. The van der Waals surface area contributed by atoms with E-state index in [1.807, 2.05) is 6.92 Å². The third-order valence-corrected chi connectivity index (χ3v) is 2.33. The Morgan fingerprint density at radius 2 is 2.47 bits per heavy atom. The highest BCUT2D eigenvalue weighted by atomic mass is 16.2. The van der Waals surface area contributed by atoms with Gasteiger partial charge in [-0.2, -0.15) is 5.26 Å². The number of hydrogen-bond donors (Lipinski definition) is 1. The van der Waals surface area contributed by atoms with Gasteiger partial charge < -0.3 is 5.32 Å². The summed E-state index contributed by atoms with van der Waals surface area (Å²) in [6, 6.07) is 5.60. The van der Waals surface area contributed by atoms with E-state index in [0.29, 0.717) is 23.4 Å². The van der Waals surface area contributed by atoms with Gasteiger partial charge in [-0.3, -0.25) is 4.79 Å². The van der Waals surface area contributed by atoms with Gasteiger partial charge >= 0.3 is 0 Å². The number of hydrogen-bond acceptors (Lipinski definition) is 3. The summed E-state index contributed by atoms with van der Waals surface area (Å²) in [5.41, 5.74) is 1.68. The number of nitrogens with one attached hydrogen (secondary N) is 1. The van der Waals surface area contributed by atoms with E-state index < -0.39 is 0 Å². The van der Waals surface area contributed by atoms with Crippen molar-refractivity contribution in [1.82, 2.24) is 4.98 Å². The minimum atomic E-state index is -0.234. The standard InChI is InChI=1S/C11H9N3O/c1-2-7(6-12)9-8-4-3-5-13-10(8)14-11(9)15/h3-5H,2H2,1H3,(H,13,14,15)/b9-7+. The molecule has 4 nitrogen and oxygen atoms in total. The fraction of sp³-hybridized carbons (Fsp3) is 0.182. The SMILES string of the molecule is CC/C(C#N)=C1\C(=O)Nc2ncccc21. The zero-order chi connectivity index (χ0) is 10.8. The summed E-state index contributed by atoms with van der Waals surface area (Å²) < 4.78 is 0. The van der Waals surface area contributed by atoms with Crippen molar-refractivity contribution < 1.29 is 4.79 Å². The molecule has 4 heteroatoms. The maximum Gasteiger partial charge on any atom is 0.258 e. The molecule has 0 unspecified atom stereocenters. The van der Waals surface area contributed by atoms with Gasteiger partial charge in [-0.05, 0) is 18.6 Å². The molecule has 0 saturated heterocycles. The lowest BCUT2D eigenvalue weighted by Gasteiger charge is -1.98. The van der Waals surface area contributed by atoms with Crippen LogP contribution in [0.1, 0.15) is 18.9 Å². The molecule has 1 aromatic rings. The molecule has 0 aromatic carbocycles. The Balaban J connectivity index is 2.66. The van der Waals surface area contributed by atoms with Crippen molar-refractivity contribution in [3.8, 4) is 6.07 Å². The van der Waals surface area contributed by atoms with Crippen LogP contribution < -0.4 is 5.32 Å². The van der Waals surface area contributed by atoms with Gasteiger partial charge in [0.05, 0.1) is 11.6 Å². The average molecular weight is 199 g/mol. The predicted molar refractivity (Wildman–Crippen MR) is 55.7 cm³/mol. The van der Waals surface area contributed by atoms with Crippen LogP contribution in [0.4, 0.5) is 5.82 Å². The van der Waals surface area contributed by atoms with E-state index in [4.69, 9.17) is 5.26 Å². The highest BCUT2D eigenvalue weighted by Crippen LogP contribution is 2.32. The molecule has 0 aliphatic carbocycles. The average Bonchev–Trinajstić information content (AvgIpc) is 2.58. The van der Waals surface area contributed by atoms with Gasteiger partial charge in [-0.1, -0.05) is 6.92 Å². The van der Waals surface area contributed by atoms with Gasteiger partial charge in [0.1, 0.15) is 5.82 Å². The Morgan fingerprint density at radius 1 is 1.67 bits per heavy atom. The summed E-state index contributed by atoms with van der Waals surface area (Å²) in [5.74, 6) is 0.306. The van der Waals surface area contributed by atoms with Crippen molar-refractivity contribution in [1.29, 1.82) is 5.26 Å². The van der Waals surface area contributed by atoms with E-state index >= 15 is 0 Å². The smallest absolute Gasteiger partial charge is 0.258 e. The molecule has 2 rings (SSSR count). The topological polar surface area (TPSA) is 65.8 Å². The number of carbonyl (C=O) groups excluding carboxylic acids is 1. The molecule has 0 saturated carbocycles. The normalized spacial score (nSPS) is 16.7. The van der Waals surface area contributed by atoms with Gasteiger partial charge in [0.15, 0.2) is 0 Å². The van der Waals surface area contributed by atoms with Gasteiger partial charge in [-0.25, -0.2) is 4.98 Å². The van der Waals surface area contributed by atoms with Crippen molar-refractivity contribution in [2.24, 2.45) is 0 Å². The van der Waals surface area contributed by atoms with Crippen LogP contribution in [0.3, 0.4) is 0 Å². The van der Waals surface area contributed by atoms with Crippen LogP contribution in [0.15, 0.2) is 23.9 Å². The Kier molecular flexibility index (Phi) is 2.22. The molecule has 1 aliphatic rings. The quantitative estimate of drug-likeness (QED) is 0.553. The number of anilines is 1. The maximum atomic E-state index is 11.6. The Hall–Kier alpha value is -2.15. The number of pyridine rings is 1. The second kappa shape index (κ2) is 3.54. The summed E-state index contributed by atoms with van der Waals surface area (Å²) in [4.78, 5) is 15.7. The summed E-state index contributed by atoms with van der Waals surface area (Å²) in [6.07, 6.45) is 2.16. The number of rotatable bonds is 1. The van der Waals surface area contributed by atoms with Crippen molar-refractivity contribution in [3.63, 3.8) is 0 Å². The lowest BCUT2D eigenvalue weighted by molar-refractivity contribution is -0.110. The van der Waals surface area contributed by atoms with Gasteiger partial charge in [-0.15, -0.1) is 0 Å². The molecule has 0 atom stereocenters. The van der Waals surface area contributed by atoms with Crippen molar-refractivity contribution >= 4 is 17.3 Å². The molecular weight excluding hydrogens is 190 g/mol. The molecule has 74 valence electrons. The zero-order valence-electron chi connectivity index (χ0n) is 8.24. The molecule has 0 bridgehead atoms. The molecule has 1 amide bonds. The van der Waals surface area contributed by atoms with E-state index in [1.165, 1.54) is 0 Å². The highest BCUT2D eigenvalue weighted by Gasteiger charge is 2.27. The monoisotopic (exact) mass is 199 g/mol. The first-order valence-corrected chi connectivity index (χ1v) is 4.68. The van der Waals surface area contributed by atoms with Crippen LogP contribution in [0.25, 0.3) is 5.57 Å². The summed E-state index contributed by atoms with van der Waals surface area (Å²) >= 11 is 0. The summed E-state index contributed by atoms with van der Waals surface area (Å²) in [5, 5.41) is 11.6. The van der Waals surface area contributed by atoms with E-state index in [9.17, 15) is 4.79 Å². The van der Waals surface area contributed by atoms with E-state index in [0.717, 1.165) is 5.56 Å². The third kappa shape index (κ3) is 1.38. The van der Waals surface area contributed by atoms with Crippen LogP contribution in [-0.2, 0) is 4.79 Å². The second-order valence-electron chi connectivity index (χ2n) is 3.17. The molecule has 0 spiro atoms. The Labute approximate surface area is 87.2 Å². The molecule has 0 radical (unpaired) electrons. The molecule has 0 fully saturated rings. The first-order chi connectivity index (χ1) is 7.27. The first-order valence-electron chi connectivity index (χ1n) is 4.68. The Morgan fingerprint density at radius 3 is 3.13 bits per heavy atom. The Bertz CT molecular complexity index is 497. The fourth-order valence-corrected chi connectivity index (χ4v) is 1.61. The van der Waals surface area contributed by atoms with Gasteiger partial charge in [0, 0.05) is 17.3 Å². The van der Waals surface area contributed by atoms with Crippen LogP contribution in [0, 0.1) is 11.3 Å². The van der Waals surface area contributed by atoms with Crippen LogP contribution >= 0.6 is 0 Å². The number of fused-ring (bicyclic) bond motifs is 1. The number of carbonyl (C=O) groups is 1. The summed E-state index contributed by atoms with van der Waals surface area (Å²) in [7, 11) is 0. The van der Waals surface area contributed by atoms with Crippen molar-refractivity contribution in [3.05, 3.63) is 29.5 Å². The molecule has 1 aliphatic heterocycles. The first kappa shape index (κ1) is 9.41. The third-order valence-electron chi connectivity index (χ3n) is 2.33. The maximum absolute atomic E-state index is 11.6. The van der Waals surface area contributed by atoms with Gasteiger partial charge in [0.2, 0.25) is 0 Å². The van der Waals surface area contributed by atoms with E-state index in [2.05, 4.69) is 16.4 Å². The fourth-order valence-electron chi connectivity index (χ4n) is 1.61. The second-order valence-corrected chi connectivity index (χ2v) is 3.17. The number of nitriles is 1. The molecule has 15 heavy (non-hydrogen) atoms. The number of aromatic nitrogens is 1. The molecule has 1 N–H and O–H groups in total. The largest absolute Gasteiger partial charge is 0.306 e. The number of amides is 1. The van der Waals surface area contributed by atoms with Crippen LogP contribution in [-0.4, -0.2) is 10.9 Å². The number of allylic oxidation sites excluding steroid dienone is 1. The van der Waals surface area contributed by atoms with E-state index in [1.54, 1.807) is 18.3 Å². The van der Waals surface area contributed by atoms with Crippen LogP contribution in [0.5, 0.6) is 0 Å².